The van der Waals surface area contributed by atoms with E-state index in [0.29, 0.717) is 23.6 Å². The molecule has 0 bridgehead atoms. The first-order valence-electron chi connectivity index (χ1n) is 7.65. The van der Waals surface area contributed by atoms with Gasteiger partial charge in [0.05, 0.1) is 19.8 Å². The quantitative estimate of drug-likeness (QED) is 0.745. The summed E-state index contributed by atoms with van der Waals surface area (Å²) in [6.07, 6.45) is 6.85. The number of carbonyl (C=O) groups excluding carboxylic acids is 1. The molecule has 0 aliphatic heterocycles. The molecule has 0 aliphatic rings. The standard InChI is InChI=1S/C18H18N4O3/c1-24-14-5-6-16(25-2)15(10-14)18(23)21-11-13-4-3-7-20-17(13)22-9-8-19-12-22/h3-10,12H,11H2,1-2H3,(H,21,23). The molecule has 0 saturated heterocycles. The lowest BCUT2D eigenvalue weighted by Crippen LogP contribution is -2.24. The molecule has 1 aromatic carbocycles. The maximum Gasteiger partial charge on any atom is 0.255 e. The molecule has 0 fully saturated rings. The van der Waals surface area contributed by atoms with Gasteiger partial charge in [-0.1, -0.05) is 6.07 Å². The van der Waals surface area contributed by atoms with E-state index in [1.807, 2.05) is 12.1 Å². The van der Waals surface area contributed by atoms with Crippen LogP contribution in [0.3, 0.4) is 0 Å². The molecule has 2 aromatic heterocycles. The fourth-order valence-electron chi connectivity index (χ4n) is 2.45. The van der Waals surface area contributed by atoms with Gasteiger partial charge in [0.25, 0.3) is 5.91 Å². The number of nitrogens with one attached hydrogen (secondary N) is 1. The number of amides is 1. The summed E-state index contributed by atoms with van der Waals surface area (Å²) < 4.78 is 12.2. The highest BCUT2D eigenvalue weighted by atomic mass is 16.5. The van der Waals surface area contributed by atoms with Crippen LogP contribution in [-0.2, 0) is 6.54 Å². The van der Waals surface area contributed by atoms with Crippen LogP contribution in [0.4, 0.5) is 0 Å². The zero-order valence-corrected chi connectivity index (χ0v) is 14.0. The molecule has 7 nitrogen and oxygen atoms in total. The van der Waals surface area contributed by atoms with Crippen LogP contribution in [-0.4, -0.2) is 34.7 Å². The maximum absolute atomic E-state index is 12.6. The number of pyridine rings is 1. The lowest BCUT2D eigenvalue weighted by molar-refractivity contribution is 0.0947. The smallest absolute Gasteiger partial charge is 0.255 e. The van der Waals surface area contributed by atoms with Crippen molar-refractivity contribution in [2.75, 3.05) is 14.2 Å². The molecule has 128 valence electrons. The summed E-state index contributed by atoms with van der Waals surface area (Å²) in [5.41, 5.74) is 1.28. The number of benzene rings is 1. The Balaban J connectivity index is 1.80. The second kappa shape index (κ2) is 7.48. The van der Waals surface area contributed by atoms with E-state index >= 15 is 0 Å². The Morgan fingerprint density at radius 3 is 2.80 bits per heavy atom. The monoisotopic (exact) mass is 338 g/mol. The Hall–Kier alpha value is -3.35. The van der Waals surface area contributed by atoms with Crippen LogP contribution in [0.25, 0.3) is 5.82 Å². The van der Waals surface area contributed by atoms with E-state index < -0.39 is 0 Å². The minimum atomic E-state index is -0.254. The minimum Gasteiger partial charge on any atom is -0.497 e. The molecule has 25 heavy (non-hydrogen) atoms. The maximum atomic E-state index is 12.6. The first kappa shape index (κ1) is 16.5. The highest BCUT2D eigenvalue weighted by Crippen LogP contribution is 2.24. The molecule has 2 heterocycles. The van der Waals surface area contributed by atoms with Gasteiger partial charge in [0.1, 0.15) is 23.6 Å². The van der Waals surface area contributed by atoms with E-state index in [0.717, 1.165) is 11.4 Å². The zero-order valence-electron chi connectivity index (χ0n) is 14.0. The number of hydrogen-bond acceptors (Lipinski definition) is 5. The third kappa shape index (κ3) is 3.60. The Morgan fingerprint density at radius 1 is 1.20 bits per heavy atom. The second-order valence-corrected chi connectivity index (χ2v) is 5.20. The van der Waals surface area contributed by atoms with Crippen LogP contribution >= 0.6 is 0 Å². The largest absolute Gasteiger partial charge is 0.497 e. The van der Waals surface area contributed by atoms with Gasteiger partial charge in [-0.3, -0.25) is 9.36 Å². The van der Waals surface area contributed by atoms with Gasteiger partial charge in [0.15, 0.2) is 0 Å². The molecule has 1 amide bonds. The topological polar surface area (TPSA) is 78.3 Å². The first-order valence-corrected chi connectivity index (χ1v) is 7.65. The van der Waals surface area contributed by atoms with Gasteiger partial charge in [-0.05, 0) is 24.3 Å². The van der Waals surface area contributed by atoms with Crippen LogP contribution in [0.5, 0.6) is 11.5 Å². The van der Waals surface area contributed by atoms with Crippen molar-refractivity contribution in [3.8, 4) is 17.3 Å². The lowest BCUT2D eigenvalue weighted by Gasteiger charge is -2.12. The van der Waals surface area contributed by atoms with Crippen molar-refractivity contribution in [2.45, 2.75) is 6.54 Å². The Bertz CT molecular complexity index is 863. The highest BCUT2D eigenvalue weighted by Gasteiger charge is 2.14. The van der Waals surface area contributed by atoms with Crippen molar-refractivity contribution in [2.24, 2.45) is 0 Å². The molecule has 0 atom stereocenters. The van der Waals surface area contributed by atoms with Crippen molar-refractivity contribution < 1.29 is 14.3 Å². The zero-order chi connectivity index (χ0) is 17.6. The molecule has 0 unspecified atom stereocenters. The fraction of sp³-hybridized carbons (Fsp3) is 0.167. The Morgan fingerprint density at radius 2 is 2.08 bits per heavy atom. The SMILES string of the molecule is COc1ccc(OC)c(C(=O)NCc2cccnc2-n2ccnc2)c1. The van der Waals surface area contributed by atoms with Gasteiger partial charge in [-0.15, -0.1) is 0 Å². The van der Waals surface area contributed by atoms with E-state index in [-0.39, 0.29) is 5.91 Å². The van der Waals surface area contributed by atoms with E-state index in [4.69, 9.17) is 9.47 Å². The number of carbonyl (C=O) groups is 1. The summed E-state index contributed by atoms with van der Waals surface area (Å²) in [6, 6.07) is 8.83. The normalized spacial score (nSPS) is 10.3. The summed E-state index contributed by atoms with van der Waals surface area (Å²) in [6.45, 7) is 0.320. The van der Waals surface area contributed by atoms with Crippen molar-refractivity contribution in [3.63, 3.8) is 0 Å². The molecule has 0 radical (unpaired) electrons. The molecule has 3 rings (SSSR count). The van der Waals surface area contributed by atoms with Crippen molar-refractivity contribution >= 4 is 5.91 Å². The van der Waals surface area contributed by atoms with E-state index in [1.54, 1.807) is 54.8 Å². The Labute approximate surface area is 145 Å². The Kier molecular flexibility index (Phi) is 4.94. The fourth-order valence-corrected chi connectivity index (χ4v) is 2.45. The number of imidazole rings is 1. The number of nitrogens with zero attached hydrogens (tertiary/aromatic N) is 3. The molecule has 3 aromatic rings. The van der Waals surface area contributed by atoms with Gasteiger partial charge in [0.2, 0.25) is 0 Å². The molecule has 0 aliphatic carbocycles. The predicted octanol–water partition coefficient (Wildman–Crippen LogP) is 2.21. The third-order valence-corrected chi connectivity index (χ3v) is 3.71. The third-order valence-electron chi connectivity index (χ3n) is 3.71. The number of rotatable bonds is 6. The van der Waals surface area contributed by atoms with Crippen LogP contribution in [0.1, 0.15) is 15.9 Å². The molecular formula is C18H18N4O3. The number of methoxy groups -OCH3 is 2. The van der Waals surface area contributed by atoms with Crippen LogP contribution < -0.4 is 14.8 Å². The predicted molar refractivity (Wildman–Crippen MR) is 92.1 cm³/mol. The van der Waals surface area contributed by atoms with Gasteiger partial charge in [-0.25, -0.2) is 9.97 Å². The summed E-state index contributed by atoms with van der Waals surface area (Å²) in [5.74, 6) is 1.54. The summed E-state index contributed by atoms with van der Waals surface area (Å²) in [7, 11) is 3.08. The summed E-state index contributed by atoms with van der Waals surface area (Å²) in [4.78, 5) is 21.0. The second-order valence-electron chi connectivity index (χ2n) is 5.20. The van der Waals surface area contributed by atoms with Crippen LogP contribution in [0, 0.1) is 0 Å². The molecule has 0 spiro atoms. The van der Waals surface area contributed by atoms with Crippen molar-refractivity contribution in [1.29, 1.82) is 0 Å². The number of aromatic nitrogens is 3. The van der Waals surface area contributed by atoms with E-state index in [1.165, 1.54) is 7.11 Å². The van der Waals surface area contributed by atoms with Crippen molar-refractivity contribution in [1.82, 2.24) is 19.9 Å². The van der Waals surface area contributed by atoms with Crippen molar-refractivity contribution in [3.05, 3.63) is 66.4 Å². The van der Waals surface area contributed by atoms with Gasteiger partial charge in [0, 0.05) is 30.7 Å². The van der Waals surface area contributed by atoms with Gasteiger partial charge >= 0.3 is 0 Å². The van der Waals surface area contributed by atoms with Gasteiger partial charge < -0.3 is 14.8 Å². The van der Waals surface area contributed by atoms with Gasteiger partial charge in [-0.2, -0.15) is 0 Å². The summed E-state index contributed by atoms with van der Waals surface area (Å²) in [5, 5.41) is 2.90. The number of hydrogen-bond donors (Lipinski definition) is 1. The van der Waals surface area contributed by atoms with E-state index in [2.05, 4.69) is 15.3 Å². The molecule has 7 heteroatoms. The van der Waals surface area contributed by atoms with Crippen LogP contribution in [0.2, 0.25) is 0 Å². The molecule has 1 N–H and O–H groups in total. The molecule has 0 saturated carbocycles. The molecular weight excluding hydrogens is 320 g/mol. The highest BCUT2D eigenvalue weighted by molar-refractivity contribution is 5.97. The average Bonchev–Trinajstić information content (AvgIpc) is 3.20. The number of ether oxygens (including phenoxy) is 2. The lowest BCUT2D eigenvalue weighted by atomic mass is 10.1. The van der Waals surface area contributed by atoms with Crippen LogP contribution in [0.15, 0.2) is 55.2 Å². The average molecular weight is 338 g/mol. The first-order chi connectivity index (χ1) is 12.2. The van der Waals surface area contributed by atoms with E-state index in [9.17, 15) is 4.79 Å². The minimum absolute atomic E-state index is 0.254. The summed E-state index contributed by atoms with van der Waals surface area (Å²) >= 11 is 0.